The molecular formula is C15H12FNO. The summed E-state index contributed by atoms with van der Waals surface area (Å²) in [7, 11) is 1.58. The smallest absolute Gasteiger partial charge is 0.123 e. The SMILES string of the molecule is COc1ccc(-c2ccc(F)cc2)cc1CC#N. The summed E-state index contributed by atoms with van der Waals surface area (Å²) in [6, 6.07) is 14.0. The molecule has 0 aromatic heterocycles. The average Bonchev–Trinajstić information content (AvgIpc) is 2.40. The zero-order valence-electron chi connectivity index (χ0n) is 9.98. The molecule has 0 aliphatic rings. The van der Waals surface area contributed by atoms with Crippen LogP contribution < -0.4 is 4.74 Å². The van der Waals surface area contributed by atoms with Crippen LogP contribution >= 0.6 is 0 Å². The van der Waals surface area contributed by atoms with E-state index in [-0.39, 0.29) is 12.2 Å². The van der Waals surface area contributed by atoms with E-state index in [0.717, 1.165) is 16.7 Å². The lowest BCUT2D eigenvalue weighted by Gasteiger charge is -2.08. The number of nitrogens with zero attached hydrogens (tertiary/aromatic N) is 1. The average molecular weight is 241 g/mol. The number of benzene rings is 2. The van der Waals surface area contributed by atoms with Gasteiger partial charge in [0.2, 0.25) is 0 Å². The molecule has 0 N–H and O–H groups in total. The van der Waals surface area contributed by atoms with Crippen LogP contribution in [-0.2, 0) is 6.42 Å². The molecule has 0 atom stereocenters. The molecule has 90 valence electrons. The predicted molar refractivity (Wildman–Crippen MR) is 67.7 cm³/mol. The van der Waals surface area contributed by atoms with Crippen molar-refractivity contribution in [2.75, 3.05) is 7.11 Å². The van der Waals surface area contributed by atoms with Gasteiger partial charge in [-0.05, 0) is 35.4 Å². The van der Waals surface area contributed by atoms with E-state index in [4.69, 9.17) is 10.00 Å². The molecule has 0 saturated heterocycles. The van der Waals surface area contributed by atoms with Crippen molar-refractivity contribution in [3.63, 3.8) is 0 Å². The lowest BCUT2D eigenvalue weighted by molar-refractivity contribution is 0.411. The van der Waals surface area contributed by atoms with Gasteiger partial charge in [0.15, 0.2) is 0 Å². The standard InChI is InChI=1S/C15H12FNO/c1-18-15-7-4-12(10-13(15)8-9-17)11-2-5-14(16)6-3-11/h2-7,10H,8H2,1H3. The van der Waals surface area contributed by atoms with Crippen LogP contribution in [0.25, 0.3) is 11.1 Å². The van der Waals surface area contributed by atoms with Gasteiger partial charge in [-0.2, -0.15) is 5.26 Å². The van der Waals surface area contributed by atoms with Crippen molar-refractivity contribution in [3.8, 4) is 22.9 Å². The Morgan fingerprint density at radius 2 is 1.78 bits per heavy atom. The quantitative estimate of drug-likeness (QED) is 0.823. The van der Waals surface area contributed by atoms with Crippen LogP contribution in [0, 0.1) is 17.1 Å². The second-order valence-corrected chi connectivity index (χ2v) is 3.87. The summed E-state index contributed by atoms with van der Waals surface area (Å²) in [5.41, 5.74) is 2.70. The molecule has 0 radical (unpaired) electrons. The molecule has 18 heavy (non-hydrogen) atoms. The largest absolute Gasteiger partial charge is 0.496 e. The van der Waals surface area contributed by atoms with Gasteiger partial charge >= 0.3 is 0 Å². The number of rotatable bonds is 3. The van der Waals surface area contributed by atoms with E-state index in [1.54, 1.807) is 19.2 Å². The first-order chi connectivity index (χ1) is 8.74. The van der Waals surface area contributed by atoms with Crippen molar-refractivity contribution in [2.24, 2.45) is 0 Å². The first kappa shape index (κ1) is 12.1. The Labute approximate surface area is 105 Å². The normalized spacial score (nSPS) is 9.83. The van der Waals surface area contributed by atoms with Crippen molar-refractivity contribution in [2.45, 2.75) is 6.42 Å². The zero-order valence-corrected chi connectivity index (χ0v) is 9.98. The van der Waals surface area contributed by atoms with E-state index in [1.165, 1.54) is 12.1 Å². The number of halogens is 1. The minimum Gasteiger partial charge on any atom is -0.496 e. The Morgan fingerprint density at radius 1 is 1.11 bits per heavy atom. The van der Waals surface area contributed by atoms with Crippen molar-refractivity contribution in [1.29, 1.82) is 5.26 Å². The number of nitriles is 1. The molecule has 3 heteroatoms. The maximum Gasteiger partial charge on any atom is 0.123 e. The van der Waals surface area contributed by atoms with Gasteiger partial charge in [-0.15, -0.1) is 0 Å². The summed E-state index contributed by atoms with van der Waals surface area (Å²) in [6.07, 6.45) is 0.290. The van der Waals surface area contributed by atoms with Crippen molar-refractivity contribution >= 4 is 0 Å². The van der Waals surface area contributed by atoms with Crippen LogP contribution in [0.2, 0.25) is 0 Å². The van der Waals surface area contributed by atoms with E-state index in [1.807, 2.05) is 18.2 Å². The van der Waals surface area contributed by atoms with E-state index in [9.17, 15) is 4.39 Å². The highest BCUT2D eigenvalue weighted by Crippen LogP contribution is 2.27. The Hall–Kier alpha value is -2.34. The van der Waals surface area contributed by atoms with Crippen molar-refractivity contribution < 1.29 is 9.13 Å². The minimum absolute atomic E-state index is 0.260. The maximum absolute atomic E-state index is 12.9. The Bertz CT molecular complexity index is 584. The second kappa shape index (κ2) is 5.33. The lowest BCUT2D eigenvalue weighted by Crippen LogP contribution is -1.92. The fourth-order valence-electron chi connectivity index (χ4n) is 1.82. The molecule has 0 aliphatic carbocycles. The van der Waals surface area contributed by atoms with Gasteiger partial charge in [0.1, 0.15) is 11.6 Å². The van der Waals surface area contributed by atoms with E-state index in [2.05, 4.69) is 6.07 Å². The van der Waals surface area contributed by atoms with Gasteiger partial charge in [0.25, 0.3) is 0 Å². The summed E-state index contributed by atoms with van der Waals surface area (Å²) in [4.78, 5) is 0. The molecule has 0 fully saturated rings. The van der Waals surface area contributed by atoms with Crippen LogP contribution in [0.5, 0.6) is 5.75 Å². The molecule has 2 nitrogen and oxygen atoms in total. The molecule has 0 amide bonds. The topological polar surface area (TPSA) is 33.0 Å². The fraction of sp³-hybridized carbons (Fsp3) is 0.133. The van der Waals surface area contributed by atoms with E-state index in [0.29, 0.717) is 5.75 Å². The monoisotopic (exact) mass is 241 g/mol. The van der Waals surface area contributed by atoms with Gasteiger partial charge in [-0.1, -0.05) is 18.2 Å². The van der Waals surface area contributed by atoms with Gasteiger partial charge in [-0.25, -0.2) is 4.39 Å². The molecule has 0 aliphatic heterocycles. The summed E-state index contributed by atoms with van der Waals surface area (Å²) in [5, 5.41) is 8.78. The number of hydrogen-bond donors (Lipinski definition) is 0. The number of methoxy groups -OCH3 is 1. The molecule has 2 aromatic rings. The summed E-state index contributed by atoms with van der Waals surface area (Å²) >= 11 is 0. The molecule has 0 heterocycles. The molecule has 0 unspecified atom stereocenters. The highest BCUT2D eigenvalue weighted by molar-refractivity contribution is 5.65. The van der Waals surface area contributed by atoms with Crippen LogP contribution in [0.3, 0.4) is 0 Å². The molecular weight excluding hydrogens is 229 g/mol. The summed E-state index contributed by atoms with van der Waals surface area (Å²) in [5.74, 6) is 0.437. The highest BCUT2D eigenvalue weighted by Gasteiger charge is 2.05. The van der Waals surface area contributed by atoms with Gasteiger partial charge in [0, 0.05) is 5.56 Å². The van der Waals surface area contributed by atoms with Gasteiger partial charge in [-0.3, -0.25) is 0 Å². The Morgan fingerprint density at radius 3 is 2.39 bits per heavy atom. The van der Waals surface area contributed by atoms with Gasteiger partial charge in [0.05, 0.1) is 19.6 Å². The van der Waals surface area contributed by atoms with E-state index < -0.39 is 0 Å². The van der Waals surface area contributed by atoms with Crippen LogP contribution in [0.4, 0.5) is 4.39 Å². The van der Waals surface area contributed by atoms with Crippen LogP contribution in [0.1, 0.15) is 5.56 Å². The third-order valence-electron chi connectivity index (χ3n) is 2.73. The first-order valence-corrected chi connectivity index (χ1v) is 5.54. The number of ether oxygens (including phenoxy) is 1. The van der Waals surface area contributed by atoms with Gasteiger partial charge < -0.3 is 4.74 Å². The zero-order chi connectivity index (χ0) is 13.0. The molecule has 2 aromatic carbocycles. The lowest BCUT2D eigenvalue weighted by atomic mass is 10.0. The highest BCUT2D eigenvalue weighted by atomic mass is 19.1. The Balaban J connectivity index is 2.43. The van der Waals surface area contributed by atoms with Crippen molar-refractivity contribution in [3.05, 3.63) is 53.8 Å². The Kier molecular flexibility index (Phi) is 3.59. The predicted octanol–water partition coefficient (Wildman–Crippen LogP) is 3.57. The number of hydrogen-bond acceptors (Lipinski definition) is 2. The fourth-order valence-corrected chi connectivity index (χ4v) is 1.82. The van der Waals surface area contributed by atoms with Crippen LogP contribution in [0.15, 0.2) is 42.5 Å². The third kappa shape index (κ3) is 2.49. The maximum atomic E-state index is 12.9. The first-order valence-electron chi connectivity index (χ1n) is 5.54. The molecule has 0 bridgehead atoms. The molecule has 2 rings (SSSR count). The third-order valence-corrected chi connectivity index (χ3v) is 2.73. The second-order valence-electron chi connectivity index (χ2n) is 3.87. The van der Waals surface area contributed by atoms with Crippen molar-refractivity contribution in [1.82, 2.24) is 0 Å². The molecule has 0 spiro atoms. The summed E-state index contributed by atoms with van der Waals surface area (Å²) < 4.78 is 18.1. The summed E-state index contributed by atoms with van der Waals surface area (Å²) in [6.45, 7) is 0. The van der Waals surface area contributed by atoms with E-state index >= 15 is 0 Å². The molecule has 0 saturated carbocycles. The minimum atomic E-state index is -0.260. The van der Waals surface area contributed by atoms with Crippen LogP contribution in [-0.4, -0.2) is 7.11 Å².